The van der Waals surface area contributed by atoms with Crippen molar-refractivity contribution in [2.45, 2.75) is 0 Å². The molecule has 17 heavy (non-hydrogen) atoms. The van der Waals surface area contributed by atoms with Gasteiger partial charge < -0.3 is 15.3 Å². The minimum Gasteiger partial charge on any atom is -0.502 e. The number of benzene rings is 1. The summed E-state index contributed by atoms with van der Waals surface area (Å²) < 4.78 is 0. The molecule has 0 saturated carbocycles. The van der Waals surface area contributed by atoms with E-state index in [0.717, 1.165) is 0 Å². The van der Waals surface area contributed by atoms with Gasteiger partial charge in [0.2, 0.25) is 0 Å². The summed E-state index contributed by atoms with van der Waals surface area (Å²) in [4.78, 5) is 29.0. The van der Waals surface area contributed by atoms with Crippen molar-refractivity contribution in [3.63, 3.8) is 0 Å². The van der Waals surface area contributed by atoms with Crippen LogP contribution in [-0.2, 0) is 0 Å². The first-order valence-corrected chi connectivity index (χ1v) is 3.88. The Hall–Kier alpha value is -2.91. The van der Waals surface area contributed by atoms with Gasteiger partial charge >= 0.3 is 17.3 Å². The molecule has 0 spiro atoms. The molecule has 0 radical (unpaired) electrons. The number of nitro groups is 2. The van der Waals surface area contributed by atoms with E-state index in [1.54, 1.807) is 0 Å². The van der Waals surface area contributed by atoms with Crippen LogP contribution in [0.3, 0.4) is 0 Å². The molecular formula is C7H4N2O8. The molecule has 10 heteroatoms. The maximum absolute atomic E-state index is 10.6. The molecule has 0 heterocycles. The molecule has 3 N–H and O–H groups in total. The van der Waals surface area contributed by atoms with Crippen molar-refractivity contribution in [1.29, 1.82) is 0 Å². The van der Waals surface area contributed by atoms with Crippen LogP contribution in [0.2, 0.25) is 0 Å². The highest BCUT2D eigenvalue weighted by Crippen LogP contribution is 2.44. The first-order valence-electron chi connectivity index (χ1n) is 3.88. The molecule has 1 rings (SSSR count). The molecule has 0 saturated heterocycles. The van der Waals surface area contributed by atoms with Crippen LogP contribution >= 0.6 is 0 Å². The van der Waals surface area contributed by atoms with E-state index < -0.39 is 44.3 Å². The molecule has 0 aliphatic rings. The van der Waals surface area contributed by atoms with Gasteiger partial charge in [0, 0.05) is 6.07 Å². The predicted octanol–water partition coefficient (Wildman–Crippen LogP) is 0.612. The standard InChI is InChI=1S/C7H4N2O8/c10-3-1-2(7(12)13)4(8(14)15)6(11)5(3)9(16)17/h1,10-11H,(H,12,13). The van der Waals surface area contributed by atoms with Crippen LogP contribution < -0.4 is 0 Å². The SMILES string of the molecule is O=C(O)c1cc(O)c([N+](=O)[O-])c(O)c1[N+](=O)[O-]. The maximum Gasteiger partial charge on any atom is 0.359 e. The van der Waals surface area contributed by atoms with Gasteiger partial charge in [-0.2, -0.15) is 0 Å². The lowest BCUT2D eigenvalue weighted by Crippen LogP contribution is -2.04. The number of nitrogens with zero attached hydrogens (tertiary/aromatic N) is 2. The number of nitro benzene ring substituents is 2. The van der Waals surface area contributed by atoms with Crippen molar-refractivity contribution in [3.05, 3.63) is 31.9 Å². The summed E-state index contributed by atoms with van der Waals surface area (Å²) in [7, 11) is 0. The molecule has 0 unspecified atom stereocenters. The fourth-order valence-corrected chi connectivity index (χ4v) is 1.16. The zero-order chi connectivity index (χ0) is 13.3. The predicted molar refractivity (Wildman–Crippen MR) is 50.0 cm³/mol. The Morgan fingerprint density at radius 2 is 1.59 bits per heavy atom. The minimum atomic E-state index is -1.81. The Kier molecular flexibility index (Phi) is 2.80. The summed E-state index contributed by atoms with van der Waals surface area (Å²) in [5.74, 6) is -4.48. The Morgan fingerprint density at radius 3 is 1.94 bits per heavy atom. The second kappa shape index (κ2) is 3.92. The lowest BCUT2D eigenvalue weighted by molar-refractivity contribution is -0.396. The average Bonchev–Trinajstić information content (AvgIpc) is 2.14. The second-order valence-corrected chi connectivity index (χ2v) is 2.81. The number of phenols is 2. The van der Waals surface area contributed by atoms with Crippen LogP contribution in [0.15, 0.2) is 6.07 Å². The number of aromatic hydroxyl groups is 2. The molecule has 10 nitrogen and oxygen atoms in total. The van der Waals surface area contributed by atoms with Gasteiger partial charge in [-0.15, -0.1) is 0 Å². The summed E-state index contributed by atoms with van der Waals surface area (Å²) in [6.07, 6.45) is 0. The van der Waals surface area contributed by atoms with E-state index in [-0.39, 0.29) is 0 Å². The van der Waals surface area contributed by atoms with E-state index in [4.69, 9.17) is 10.2 Å². The Morgan fingerprint density at radius 1 is 1.12 bits per heavy atom. The summed E-state index contributed by atoms with van der Waals surface area (Å²) in [6, 6.07) is 0.332. The zero-order valence-corrected chi connectivity index (χ0v) is 7.85. The number of phenolic OH excluding ortho intramolecular Hbond substituents is 2. The van der Waals surface area contributed by atoms with Crippen molar-refractivity contribution in [2.24, 2.45) is 0 Å². The summed E-state index contributed by atoms with van der Waals surface area (Å²) in [5.41, 5.74) is -3.71. The van der Waals surface area contributed by atoms with Gasteiger partial charge in [-0.1, -0.05) is 0 Å². The highest BCUT2D eigenvalue weighted by Gasteiger charge is 2.35. The van der Waals surface area contributed by atoms with Crippen LogP contribution in [0.5, 0.6) is 11.5 Å². The lowest BCUT2D eigenvalue weighted by atomic mass is 10.1. The first kappa shape index (κ1) is 12.2. The fraction of sp³-hybridized carbons (Fsp3) is 0. The van der Waals surface area contributed by atoms with Crippen molar-refractivity contribution < 1.29 is 30.0 Å². The van der Waals surface area contributed by atoms with Crippen LogP contribution in [0.4, 0.5) is 11.4 Å². The number of hydrogen-bond acceptors (Lipinski definition) is 7. The Bertz CT molecular complexity index is 537. The van der Waals surface area contributed by atoms with Gasteiger partial charge in [-0.05, 0) is 0 Å². The van der Waals surface area contributed by atoms with Crippen molar-refractivity contribution in [2.75, 3.05) is 0 Å². The number of carboxylic acid groups (broad SMARTS) is 1. The highest BCUT2D eigenvalue weighted by atomic mass is 16.6. The highest BCUT2D eigenvalue weighted by molar-refractivity contribution is 5.96. The van der Waals surface area contributed by atoms with E-state index in [2.05, 4.69) is 0 Å². The molecular weight excluding hydrogens is 240 g/mol. The smallest absolute Gasteiger partial charge is 0.359 e. The molecule has 0 fully saturated rings. The molecule has 0 aromatic heterocycles. The summed E-state index contributed by atoms with van der Waals surface area (Å²) >= 11 is 0. The first-order chi connectivity index (χ1) is 7.77. The molecule has 0 atom stereocenters. The van der Waals surface area contributed by atoms with Crippen LogP contribution in [-0.4, -0.2) is 31.1 Å². The second-order valence-electron chi connectivity index (χ2n) is 2.81. The topological polar surface area (TPSA) is 164 Å². The van der Waals surface area contributed by atoms with E-state index in [0.29, 0.717) is 6.07 Å². The zero-order valence-electron chi connectivity index (χ0n) is 7.85. The lowest BCUT2D eigenvalue weighted by Gasteiger charge is -2.03. The number of hydrogen-bond donors (Lipinski definition) is 3. The van der Waals surface area contributed by atoms with Crippen LogP contribution in [0.1, 0.15) is 10.4 Å². The van der Waals surface area contributed by atoms with Gasteiger partial charge in [0.25, 0.3) is 5.75 Å². The third-order valence-corrected chi connectivity index (χ3v) is 1.82. The number of carbonyl (C=O) groups is 1. The molecule has 0 aliphatic heterocycles. The quantitative estimate of drug-likeness (QED) is 0.513. The number of rotatable bonds is 3. The van der Waals surface area contributed by atoms with Crippen LogP contribution in [0, 0.1) is 20.2 Å². The molecule has 1 aromatic carbocycles. The van der Waals surface area contributed by atoms with Crippen LogP contribution in [0.25, 0.3) is 0 Å². The Balaban J connectivity index is 3.76. The van der Waals surface area contributed by atoms with Gasteiger partial charge in [0.1, 0.15) is 5.56 Å². The van der Waals surface area contributed by atoms with Gasteiger partial charge in [-0.25, -0.2) is 4.79 Å². The van der Waals surface area contributed by atoms with Gasteiger partial charge in [-0.3, -0.25) is 20.2 Å². The number of carboxylic acids is 1. The van der Waals surface area contributed by atoms with E-state index >= 15 is 0 Å². The van der Waals surface area contributed by atoms with Gasteiger partial charge in [0.15, 0.2) is 5.75 Å². The van der Waals surface area contributed by atoms with E-state index in [1.807, 2.05) is 0 Å². The molecule has 0 aliphatic carbocycles. The maximum atomic E-state index is 10.6. The summed E-state index contributed by atoms with van der Waals surface area (Å²) in [5, 5.41) is 47.9. The fourth-order valence-electron chi connectivity index (χ4n) is 1.16. The molecule has 0 bridgehead atoms. The van der Waals surface area contributed by atoms with Crippen molar-refractivity contribution >= 4 is 17.3 Å². The normalized spacial score (nSPS) is 9.88. The van der Waals surface area contributed by atoms with Gasteiger partial charge in [0.05, 0.1) is 9.85 Å². The largest absolute Gasteiger partial charge is 0.502 e. The summed E-state index contributed by atoms with van der Waals surface area (Å²) in [6.45, 7) is 0. The third-order valence-electron chi connectivity index (χ3n) is 1.82. The monoisotopic (exact) mass is 244 g/mol. The molecule has 0 amide bonds. The van der Waals surface area contributed by atoms with Crippen molar-refractivity contribution in [3.8, 4) is 11.5 Å². The van der Waals surface area contributed by atoms with E-state index in [9.17, 15) is 30.1 Å². The number of aromatic carboxylic acids is 1. The average molecular weight is 244 g/mol. The molecule has 1 aromatic rings. The van der Waals surface area contributed by atoms with Crippen molar-refractivity contribution in [1.82, 2.24) is 0 Å². The third kappa shape index (κ3) is 1.90. The van der Waals surface area contributed by atoms with E-state index in [1.165, 1.54) is 0 Å². The Labute approximate surface area is 91.6 Å². The molecule has 90 valence electrons. The minimum absolute atomic E-state index is 0.332.